The molecule has 5 heteroatoms. The zero-order chi connectivity index (χ0) is 13.4. The van der Waals surface area contributed by atoms with Crippen LogP contribution in [0, 0.1) is 0 Å². The Hall–Kier alpha value is -0.930. The average Bonchev–Trinajstić information content (AvgIpc) is 2.33. The maximum absolute atomic E-state index is 11.7. The van der Waals surface area contributed by atoms with Crippen LogP contribution in [0.1, 0.15) is 26.2 Å². The lowest BCUT2D eigenvalue weighted by Gasteiger charge is -2.11. The van der Waals surface area contributed by atoms with Gasteiger partial charge in [-0.25, -0.2) is 0 Å². The highest BCUT2D eigenvalue weighted by molar-refractivity contribution is 6.31. The number of nitrogens with one attached hydrogen (secondary N) is 1. The summed E-state index contributed by atoms with van der Waals surface area (Å²) < 4.78 is 5.42. The van der Waals surface area contributed by atoms with E-state index in [-0.39, 0.29) is 5.91 Å². The summed E-state index contributed by atoms with van der Waals surface area (Å²) in [6.45, 7) is 2.43. The fourth-order valence-electron chi connectivity index (χ4n) is 1.47. The number of carbonyl (C=O) groups excluding carboxylic acids is 1. The van der Waals surface area contributed by atoms with Gasteiger partial charge in [0.2, 0.25) is 5.91 Å². The summed E-state index contributed by atoms with van der Waals surface area (Å²) in [5.41, 5.74) is 0.611. The molecular weight excluding hydrogens is 273 g/mol. The third-order valence-corrected chi connectivity index (χ3v) is 2.81. The van der Waals surface area contributed by atoms with E-state index in [0.717, 1.165) is 12.8 Å². The molecule has 0 fully saturated rings. The molecule has 0 aliphatic heterocycles. The van der Waals surface area contributed by atoms with Gasteiger partial charge in [0.05, 0.1) is 12.3 Å². The number of carbonyl (C=O) groups is 1. The van der Waals surface area contributed by atoms with Crippen LogP contribution in [0.15, 0.2) is 18.2 Å². The van der Waals surface area contributed by atoms with E-state index in [0.29, 0.717) is 35.4 Å². The number of ether oxygens (including phenoxy) is 1. The first-order chi connectivity index (χ1) is 8.67. The number of benzene rings is 1. The predicted molar refractivity (Wildman–Crippen MR) is 75.8 cm³/mol. The molecule has 0 saturated heterocycles. The van der Waals surface area contributed by atoms with E-state index >= 15 is 0 Å². The summed E-state index contributed by atoms with van der Waals surface area (Å²) in [4.78, 5) is 11.7. The van der Waals surface area contributed by atoms with E-state index < -0.39 is 0 Å². The third kappa shape index (κ3) is 5.15. The summed E-state index contributed by atoms with van der Waals surface area (Å²) in [6.07, 6.45) is 2.06. The molecule has 0 heterocycles. The fraction of sp³-hybridized carbons (Fsp3) is 0.462. The van der Waals surface area contributed by atoms with Crippen LogP contribution < -0.4 is 10.1 Å². The van der Waals surface area contributed by atoms with E-state index in [1.165, 1.54) is 0 Å². The maximum Gasteiger partial charge on any atom is 0.224 e. The topological polar surface area (TPSA) is 38.3 Å². The van der Waals surface area contributed by atoms with E-state index in [4.69, 9.17) is 27.9 Å². The summed E-state index contributed by atoms with van der Waals surface area (Å²) >= 11 is 11.5. The molecule has 0 aliphatic rings. The first-order valence-corrected chi connectivity index (χ1v) is 6.86. The molecular formula is C13H17Cl2NO2. The molecule has 1 aromatic rings. The molecule has 1 rings (SSSR count). The van der Waals surface area contributed by atoms with Gasteiger partial charge in [0.1, 0.15) is 5.75 Å². The van der Waals surface area contributed by atoms with Crippen LogP contribution in [0.5, 0.6) is 5.75 Å². The Morgan fingerprint density at radius 1 is 1.39 bits per heavy atom. The largest absolute Gasteiger partial charge is 0.492 e. The number of amides is 1. The van der Waals surface area contributed by atoms with Gasteiger partial charge in [0, 0.05) is 17.3 Å². The van der Waals surface area contributed by atoms with E-state index in [1.807, 2.05) is 6.92 Å². The maximum atomic E-state index is 11.7. The SMILES string of the molecule is CCOc1ccc(Cl)cc1NC(=O)CCCCCl. The third-order valence-electron chi connectivity index (χ3n) is 2.30. The van der Waals surface area contributed by atoms with Gasteiger partial charge in [-0.15, -0.1) is 11.6 Å². The average molecular weight is 290 g/mol. The van der Waals surface area contributed by atoms with Gasteiger partial charge in [-0.3, -0.25) is 4.79 Å². The van der Waals surface area contributed by atoms with Gasteiger partial charge in [0.15, 0.2) is 0 Å². The smallest absolute Gasteiger partial charge is 0.224 e. The number of anilines is 1. The number of hydrogen-bond acceptors (Lipinski definition) is 2. The summed E-state index contributed by atoms with van der Waals surface area (Å²) in [5, 5.41) is 3.37. The quantitative estimate of drug-likeness (QED) is 0.607. The monoisotopic (exact) mass is 289 g/mol. The zero-order valence-corrected chi connectivity index (χ0v) is 11.9. The molecule has 0 radical (unpaired) electrons. The summed E-state index contributed by atoms with van der Waals surface area (Å²) in [6, 6.07) is 5.17. The second-order valence-corrected chi connectivity index (χ2v) is 4.58. The number of hydrogen-bond donors (Lipinski definition) is 1. The van der Waals surface area contributed by atoms with Crippen molar-refractivity contribution in [3.8, 4) is 5.75 Å². The highest BCUT2D eigenvalue weighted by Crippen LogP contribution is 2.28. The normalized spacial score (nSPS) is 10.2. The van der Waals surface area contributed by atoms with Crippen molar-refractivity contribution in [1.82, 2.24) is 0 Å². The minimum atomic E-state index is -0.0525. The van der Waals surface area contributed by atoms with E-state index in [2.05, 4.69) is 5.32 Å². The Bertz CT molecular complexity index is 397. The van der Waals surface area contributed by atoms with Crippen LogP contribution in [0.25, 0.3) is 0 Å². The van der Waals surface area contributed by atoms with Crippen molar-refractivity contribution in [2.24, 2.45) is 0 Å². The van der Waals surface area contributed by atoms with E-state index in [9.17, 15) is 4.79 Å². The first kappa shape index (κ1) is 15.1. The molecule has 0 atom stereocenters. The zero-order valence-electron chi connectivity index (χ0n) is 10.3. The van der Waals surface area contributed by atoms with Crippen LogP contribution in [-0.2, 0) is 4.79 Å². The van der Waals surface area contributed by atoms with Crippen LogP contribution in [0.4, 0.5) is 5.69 Å². The molecule has 3 nitrogen and oxygen atoms in total. The van der Waals surface area contributed by atoms with Crippen LogP contribution in [0.3, 0.4) is 0 Å². The van der Waals surface area contributed by atoms with Crippen molar-refractivity contribution in [1.29, 1.82) is 0 Å². The Morgan fingerprint density at radius 3 is 2.83 bits per heavy atom. The van der Waals surface area contributed by atoms with Gasteiger partial charge in [-0.1, -0.05) is 11.6 Å². The minimum Gasteiger partial charge on any atom is -0.492 e. The van der Waals surface area contributed by atoms with Crippen molar-refractivity contribution >= 4 is 34.8 Å². The summed E-state index contributed by atoms with van der Waals surface area (Å²) in [5.74, 6) is 1.16. The first-order valence-electron chi connectivity index (χ1n) is 5.95. The molecule has 0 spiro atoms. The lowest BCUT2D eigenvalue weighted by molar-refractivity contribution is -0.116. The minimum absolute atomic E-state index is 0.0525. The lowest BCUT2D eigenvalue weighted by Crippen LogP contribution is -2.12. The van der Waals surface area contributed by atoms with Crippen LogP contribution >= 0.6 is 23.2 Å². The predicted octanol–water partition coefficient (Wildman–Crippen LogP) is 4.09. The van der Waals surface area contributed by atoms with Crippen LogP contribution in [0.2, 0.25) is 5.02 Å². The molecule has 0 unspecified atom stereocenters. The van der Waals surface area contributed by atoms with Crippen molar-refractivity contribution in [3.63, 3.8) is 0 Å². The lowest BCUT2D eigenvalue weighted by atomic mass is 10.2. The molecule has 1 amide bonds. The number of halogens is 2. The van der Waals surface area contributed by atoms with Gasteiger partial charge in [-0.2, -0.15) is 0 Å². The van der Waals surface area contributed by atoms with Gasteiger partial charge < -0.3 is 10.1 Å². The highest BCUT2D eigenvalue weighted by atomic mass is 35.5. The second kappa shape index (κ2) is 8.22. The van der Waals surface area contributed by atoms with Crippen molar-refractivity contribution in [3.05, 3.63) is 23.2 Å². The fourth-order valence-corrected chi connectivity index (χ4v) is 1.84. The number of rotatable bonds is 7. The van der Waals surface area contributed by atoms with Crippen LogP contribution in [-0.4, -0.2) is 18.4 Å². The molecule has 0 aromatic heterocycles. The van der Waals surface area contributed by atoms with Gasteiger partial charge in [-0.05, 0) is 38.0 Å². The van der Waals surface area contributed by atoms with E-state index in [1.54, 1.807) is 18.2 Å². The number of unbranched alkanes of at least 4 members (excludes halogenated alkanes) is 1. The molecule has 0 saturated carbocycles. The Kier molecular flexibility index (Phi) is 6.91. The Morgan fingerprint density at radius 2 is 2.17 bits per heavy atom. The number of alkyl halides is 1. The second-order valence-electron chi connectivity index (χ2n) is 3.77. The standard InChI is InChI=1S/C13H17Cl2NO2/c1-2-18-12-7-6-10(15)9-11(12)16-13(17)5-3-4-8-14/h6-7,9H,2-5,8H2,1H3,(H,16,17). The van der Waals surface area contributed by atoms with Gasteiger partial charge in [0.25, 0.3) is 0 Å². The molecule has 18 heavy (non-hydrogen) atoms. The summed E-state index contributed by atoms with van der Waals surface area (Å²) in [7, 11) is 0. The van der Waals surface area contributed by atoms with Crippen molar-refractivity contribution in [2.75, 3.05) is 17.8 Å². The molecule has 1 aromatic carbocycles. The molecule has 1 N–H and O–H groups in total. The van der Waals surface area contributed by atoms with Crippen molar-refractivity contribution in [2.45, 2.75) is 26.2 Å². The van der Waals surface area contributed by atoms with Crippen molar-refractivity contribution < 1.29 is 9.53 Å². The molecule has 0 aliphatic carbocycles. The molecule has 0 bridgehead atoms. The molecule has 100 valence electrons. The highest BCUT2D eigenvalue weighted by Gasteiger charge is 2.08. The van der Waals surface area contributed by atoms with Gasteiger partial charge >= 0.3 is 0 Å². The Labute approximate surface area is 117 Å². The Balaban J connectivity index is 2.63.